The molecule has 0 atom stereocenters. The van der Waals surface area contributed by atoms with Gasteiger partial charge in [-0.25, -0.2) is 9.97 Å². The molecule has 7 heteroatoms. The lowest BCUT2D eigenvalue weighted by atomic mass is 9.96. The molecule has 4 heterocycles. The van der Waals surface area contributed by atoms with Crippen LogP contribution in [0.1, 0.15) is 62.0 Å². The molecule has 6 nitrogen and oxygen atoms in total. The standard InChI is InChI=1S/C18H21N5OS/c1-2-14-19-16(13-7-10-25-18(13)20-14)23-8-5-11(6-9-23)15-21-17(24-22-15)12-3-4-12/h7,10-12H,2-6,8-9H2,1H3. The number of aromatic nitrogens is 4. The van der Waals surface area contributed by atoms with E-state index in [0.29, 0.717) is 11.8 Å². The number of rotatable bonds is 4. The second-order valence-electron chi connectivity index (χ2n) is 6.98. The van der Waals surface area contributed by atoms with Crippen LogP contribution < -0.4 is 4.90 Å². The van der Waals surface area contributed by atoms with Crippen molar-refractivity contribution in [2.75, 3.05) is 18.0 Å². The molecule has 0 radical (unpaired) electrons. The SMILES string of the molecule is CCc1nc(N2CCC(c3noc(C4CC4)n3)CC2)c2ccsc2n1. The number of fused-ring (bicyclic) bond motifs is 1. The van der Waals surface area contributed by atoms with E-state index in [2.05, 4.69) is 38.4 Å². The van der Waals surface area contributed by atoms with E-state index in [-0.39, 0.29) is 0 Å². The molecular formula is C18H21N5OS. The zero-order chi connectivity index (χ0) is 16.8. The monoisotopic (exact) mass is 355 g/mol. The van der Waals surface area contributed by atoms with Gasteiger partial charge in [-0.1, -0.05) is 12.1 Å². The molecule has 0 spiro atoms. The largest absolute Gasteiger partial charge is 0.356 e. The summed E-state index contributed by atoms with van der Waals surface area (Å²) in [6.45, 7) is 4.06. The van der Waals surface area contributed by atoms with Gasteiger partial charge >= 0.3 is 0 Å². The first-order valence-electron chi connectivity index (χ1n) is 9.14. The van der Waals surface area contributed by atoms with E-state index in [1.165, 1.54) is 18.2 Å². The van der Waals surface area contributed by atoms with Crippen molar-refractivity contribution in [2.24, 2.45) is 0 Å². The van der Waals surface area contributed by atoms with Gasteiger partial charge in [0.05, 0.1) is 5.39 Å². The van der Waals surface area contributed by atoms with E-state index in [1.807, 2.05) is 0 Å². The number of hydrogen-bond acceptors (Lipinski definition) is 7. The fraction of sp³-hybridized carbons (Fsp3) is 0.556. The predicted octanol–water partition coefficient (Wildman–Crippen LogP) is 3.90. The first kappa shape index (κ1) is 15.3. The maximum Gasteiger partial charge on any atom is 0.229 e. The Morgan fingerprint density at radius 2 is 1.96 bits per heavy atom. The van der Waals surface area contributed by atoms with Gasteiger partial charge in [0.1, 0.15) is 16.5 Å². The highest BCUT2D eigenvalue weighted by Crippen LogP contribution is 2.40. The summed E-state index contributed by atoms with van der Waals surface area (Å²) in [5.41, 5.74) is 0. The predicted molar refractivity (Wildman–Crippen MR) is 97.3 cm³/mol. The number of aryl methyl sites for hydroxylation is 1. The molecule has 0 unspecified atom stereocenters. The molecule has 0 bridgehead atoms. The molecular weight excluding hydrogens is 334 g/mol. The normalized spacial score (nSPS) is 19.0. The van der Waals surface area contributed by atoms with Crippen molar-refractivity contribution in [1.82, 2.24) is 20.1 Å². The topological polar surface area (TPSA) is 67.9 Å². The van der Waals surface area contributed by atoms with Crippen LogP contribution in [0.25, 0.3) is 10.2 Å². The summed E-state index contributed by atoms with van der Waals surface area (Å²) in [4.78, 5) is 17.6. The van der Waals surface area contributed by atoms with Gasteiger partial charge in [-0.15, -0.1) is 11.3 Å². The first-order valence-corrected chi connectivity index (χ1v) is 10.0. The summed E-state index contributed by atoms with van der Waals surface area (Å²) in [5, 5.41) is 7.52. The van der Waals surface area contributed by atoms with E-state index >= 15 is 0 Å². The average Bonchev–Trinajstić information content (AvgIpc) is 3.20. The molecule has 2 aliphatic rings. The molecule has 0 N–H and O–H groups in total. The maximum absolute atomic E-state index is 5.44. The Morgan fingerprint density at radius 3 is 2.72 bits per heavy atom. The minimum Gasteiger partial charge on any atom is -0.356 e. The smallest absolute Gasteiger partial charge is 0.229 e. The maximum atomic E-state index is 5.44. The molecule has 1 aliphatic carbocycles. The Bertz CT molecular complexity index is 892. The van der Waals surface area contributed by atoms with Crippen molar-refractivity contribution < 1.29 is 4.52 Å². The van der Waals surface area contributed by atoms with Crippen molar-refractivity contribution in [3.8, 4) is 0 Å². The zero-order valence-corrected chi connectivity index (χ0v) is 15.1. The first-order chi connectivity index (χ1) is 12.3. The Hall–Kier alpha value is -2.02. The molecule has 1 saturated heterocycles. The molecule has 130 valence electrons. The Kier molecular flexibility index (Phi) is 3.69. The van der Waals surface area contributed by atoms with Crippen LogP contribution in [0.4, 0.5) is 5.82 Å². The van der Waals surface area contributed by atoms with Crippen LogP contribution in [0.2, 0.25) is 0 Å². The van der Waals surface area contributed by atoms with Crippen LogP contribution in [0.3, 0.4) is 0 Å². The van der Waals surface area contributed by atoms with Crippen molar-refractivity contribution in [3.63, 3.8) is 0 Å². The fourth-order valence-corrected chi connectivity index (χ4v) is 4.32. The van der Waals surface area contributed by atoms with Gasteiger partial charge in [-0.3, -0.25) is 0 Å². The number of hydrogen-bond donors (Lipinski definition) is 0. The van der Waals surface area contributed by atoms with E-state index in [0.717, 1.165) is 60.5 Å². The van der Waals surface area contributed by atoms with Gasteiger partial charge in [0.15, 0.2) is 5.82 Å². The summed E-state index contributed by atoms with van der Waals surface area (Å²) in [5.74, 6) is 4.70. The van der Waals surface area contributed by atoms with Crippen LogP contribution in [0, 0.1) is 0 Å². The van der Waals surface area contributed by atoms with Crippen LogP contribution in [0.5, 0.6) is 0 Å². The molecule has 1 aliphatic heterocycles. The third-order valence-corrected chi connectivity index (χ3v) is 6.02. The number of thiophene rings is 1. The van der Waals surface area contributed by atoms with Gasteiger partial charge in [0.25, 0.3) is 0 Å². The number of nitrogens with zero attached hydrogens (tertiary/aromatic N) is 5. The van der Waals surface area contributed by atoms with Crippen LogP contribution in [0.15, 0.2) is 16.0 Å². The molecule has 0 amide bonds. The van der Waals surface area contributed by atoms with E-state index in [4.69, 9.17) is 9.51 Å². The van der Waals surface area contributed by atoms with Gasteiger partial charge in [-0.2, -0.15) is 4.98 Å². The highest BCUT2D eigenvalue weighted by Gasteiger charge is 2.32. The summed E-state index contributed by atoms with van der Waals surface area (Å²) < 4.78 is 5.44. The molecule has 1 saturated carbocycles. The highest BCUT2D eigenvalue weighted by molar-refractivity contribution is 7.16. The number of anilines is 1. The van der Waals surface area contributed by atoms with Gasteiger partial charge in [0, 0.05) is 31.3 Å². The van der Waals surface area contributed by atoms with Gasteiger partial charge in [-0.05, 0) is 37.1 Å². The van der Waals surface area contributed by atoms with Crippen molar-refractivity contribution >= 4 is 27.4 Å². The molecule has 3 aromatic rings. The Balaban J connectivity index is 1.35. The van der Waals surface area contributed by atoms with Crippen molar-refractivity contribution in [3.05, 3.63) is 29.0 Å². The number of piperidine rings is 1. The zero-order valence-electron chi connectivity index (χ0n) is 14.3. The van der Waals surface area contributed by atoms with Gasteiger partial charge in [0.2, 0.25) is 5.89 Å². The average molecular weight is 355 g/mol. The second kappa shape index (κ2) is 6.05. The van der Waals surface area contributed by atoms with E-state index in [9.17, 15) is 0 Å². The van der Waals surface area contributed by atoms with Crippen LogP contribution in [-0.2, 0) is 6.42 Å². The highest BCUT2D eigenvalue weighted by atomic mass is 32.1. The quantitative estimate of drug-likeness (QED) is 0.707. The molecule has 5 rings (SSSR count). The van der Waals surface area contributed by atoms with Crippen LogP contribution >= 0.6 is 11.3 Å². The summed E-state index contributed by atoms with van der Waals surface area (Å²) in [7, 11) is 0. The summed E-state index contributed by atoms with van der Waals surface area (Å²) in [6.07, 6.45) is 5.35. The minimum atomic E-state index is 0.401. The third kappa shape index (κ3) is 2.80. The Labute approximate surface area is 150 Å². The van der Waals surface area contributed by atoms with Gasteiger partial charge < -0.3 is 9.42 Å². The lowest BCUT2D eigenvalue weighted by Crippen LogP contribution is -2.34. The molecule has 2 fully saturated rings. The third-order valence-electron chi connectivity index (χ3n) is 5.21. The fourth-order valence-electron chi connectivity index (χ4n) is 3.54. The van der Waals surface area contributed by atoms with E-state index in [1.54, 1.807) is 11.3 Å². The molecule has 0 aromatic carbocycles. The lowest BCUT2D eigenvalue weighted by Gasteiger charge is -2.32. The summed E-state index contributed by atoms with van der Waals surface area (Å²) in [6, 6.07) is 2.14. The van der Waals surface area contributed by atoms with Crippen LogP contribution in [-0.4, -0.2) is 33.2 Å². The molecule has 25 heavy (non-hydrogen) atoms. The lowest BCUT2D eigenvalue weighted by molar-refractivity contribution is 0.364. The second-order valence-corrected chi connectivity index (χ2v) is 7.88. The summed E-state index contributed by atoms with van der Waals surface area (Å²) >= 11 is 1.69. The molecule has 3 aromatic heterocycles. The minimum absolute atomic E-state index is 0.401. The van der Waals surface area contributed by atoms with Crippen molar-refractivity contribution in [1.29, 1.82) is 0 Å². The van der Waals surface area contributed by atoms with Crippen molar-refractivity contribution in [2.45, 2.75) is 50.9 Å². The van der Waals surface area contributed by atoms with E-state index < -0.39 is 0 Å². The Morgan fingerprint density at radius 1 is 1.12 bits per heavy atom.